The monoisotopic (exact) mass is 209 g/mol. The first kappa shape index (κ1) is 12.5. The summed E-state index contributed by atoms with van der Waals surface area (Å²) in [4.78, 5) is 2.51. The van der Waals surface area contributed by atoms with Gasteiger partial charge in [-0.15, -0.1) is 0 Å². The van der Waals surface area contributed by atoms with E-state index in [1.165, 1.54) is 12.8 Å². The van der Waals surface area contributed by atoms with E-state index >= 15 is 0 Å². The van der Waals surface area contributed by atoms with Gasteiger partial charge >= 0.3 is 0 Å². The lowest BCUT2D eigenvalue weighted by Crippen LogP contribution is -2.62. The van der Waals surface area contributed by atoms with Crippen molar-refractivity contribution in [1.82, 2.24) is 10.2 Å². The van der Waals surface area contributed by atoms with Crippen LogP contribution in [0.3, 0.4) is 0 Å². The summed E-state index contributed by atoms with van der Waals surface area (Å²) in [6.07, 6.45) is 3.09. The van der Waals surface area contributed by atoms with E-state index in [2.05, 4.69) is 37.1 Å². The molecule has 0 amide bonds. The number of rotatable bonds is 4. The maximum Gasteiger partial charge on any atom is 0.0638 e. The van der Waals surface area contributed by atoms with E-state index in [0.29, 0.717) is 12.5 Å². The van der Waals surface area contributed by atoms with Gasteiger partial charge < -0.3 is 5.32 Å². The molecule has 0 bridgehead atoms. The fourth-order valence-electron chi connectivity index (χ4n) is 2.35. The summed E-state index contributed by atoms with van der Waals surface area (Å²) in [6.45, 7) is 9.85. The Hall–Kier alpha value is -0.590. The standard InChI is InChI=1S/C12H23N3/c1-4-5-8-15-11(6-7-13)9-14-10-12(15,2)3/h11,14H,4-6,8-10H2,1-3H3. The molecule has 0 aromatic carbocycles. The average Bonchev–Trinajstić information content (AvgIpc) is 2.16. The van der Waals surface area contributed by atoms with Crippen LogP contribution in [0.2, 0.25) is 0 Å². The molecule has 15 heavy (non-hydrogen) atoms. The predicted molar refractivity (Wildman–Crippen MR) is 62.6 cm³/mol. The minimum Gasteiger partial charge on any atom is -0.313 e. The fourth-order valence-corrected chi connectivity index (χ4v) is 2.35. The molecule has 1 aliphatic heterocycles. The van der Waals surface area contributed by atoms with Crippen molar-refractivity contribution < 1.29 is 0 Å². The molecular formula is C12H23N3. The number of hydrogen-bond donors (Lipinski definition) is 1. The van der Waals surface area contributed by atoms with Gasteiger partial charge in [0.2, 0.25) is 0 Å². The summed E-state index contributed by atoms with van der Waals surface area (Å²) in [5, 5.41) is 12.3. The summed E-state index contributed by atoms with van der Waals surface area (Å²) in [5.41, 5.74) is 0.189. The van der Waals surface area contributed by atoms with Gasteiger partial charge in [0.1, 0.15) is 0 Å². The van der Waals surface area contributed by atoms with Crippen molar-refractivity contribution in [2.24, 2.45) is 0 Å². The third-order valence-electron chi connectivity index (χ3n) is 3.24. The van der Waals surface area contributed by atoms with Gasteiger partial charge in [-0.05, 0) is 26.8 Å². The smallest absolute Gasteiger partial charge is 0.0638 e. The summed E-state index contributed by atoms with van der Waals surface area (Å²) in [7, 11) is 0. The van der Waals surface area contributed by atoms with Crippen LogP contribution in [-0.2, 0) is 0 Å². The van der Waals surface area contributed by atoms with E-state index in [0.717, 1.165) is 19.6 Å². The van der Waals surface area contributed by atoms with Crippen LogP contribution < -0.4 is 5.32 Å². The van der Waals surface area contributed by atoms with Gasteiger partial charge in [0.05, 0.1) is 12.5 Å². The van der Waals surface area contributed by atoms with E-state index in [1.807, 2.05) is 0 Å². The van der Waals surface area contributed by atoms with Gasteiger partial charge in [0.25, 0.3) is 0 Å². The number of piperazine rings is 1. The number of unbranched alkanes of at least 4 members (excludes halogenated alkanes) is 1. The van der Waals surface area contributed by atoms with Gasteiger partial charge in [-0.25, -0.2) is 0 Å². The largest absolute Gasteiger partial charge is 0.313 e. The van der Waals surface area contributed by atoms with E-state index in [9.17, 15) is 0 Å². The Morgan fingerprint density at radius 1 is 1.53 bits per heavy atom. The molecule has 86 valence electrons. The van der Waals surface area contributed by atoms with Crippen molar-refractivity contribution in [2.75, 3.05) is 19.6 Å². The molecule has 1 heterocycles. The average molecular weight is 209 g/mol. The van der Waals surface area contributed by atoms with Crippen LogP contribution in [-0.4, -0.2) is 36.1 Å². The first-order chi connectivity index (χ1) is 7.11. The molecule has 1 unspecified atom stereocenters. The summed E-state index contributed by atoms with van der Waals surface area (Å²) in [5.74, 6) is 0. The zero-order valence-corrected chi connectivity index (χ0v) is 10.2. The molecule has 0 spiro atoms. The Morgan fingerprint density at radius 3 is 2.87 bits per heavy atom. The maximum atomic E-state index is 8.83. The van der Waals surface area contributed by atoms with E-state index < -0.39 is 0 Å². The summed E-state index contributed by atoms with van der Waals surface area (Å²) < 4.78 is 0. The summed E-state index contributed by atoms with van der Waals surface area (Å²) >= 11 is 0. The molecule has 1 rings (SSSR count). The lowest BCUT2D eigenvalue weighted by Gasteiger charge is -2.47. The molecule has 0 aliphatic carbocycles. The molecule has 1 atom stereocenters. The minimum atomic E-state index is 0.189. The molecule has 3 heteroatoms. The van der Waals surface area contributed by atoms with E-state index in [1.54, 1.807) is 0 Å². The van der Waals surface area contributed by atoms with Crippen LogP contribution in [0.4, 0.5) is 0 Å². The SMILES string of the molecule is CCCCN1C(CC#N)CNCC1(C)C. The topological polar surface area (TPSA) is 39.1 Å². The van der Waals surface area contributed by atoms with Crippen LogP contribution in [0.15, 0.2) is 0 Å². The minimum absolute atomic E-state index is 0.189. The van der Waals surface area contributed by atoms with Crippen molar-refractivity contribution in [3.63, 3.8) is 0 Å². The van der Waals surface area contributed by atoms with Crippen molar-refractivity contribution in [3.05, 3.63) is 0 Å². The second kappa shape index (κ2) is 5.48. The van der Waals surface area contributed by atoms with Crippen molar-refractivity contribution in [2.45, 2.75) is 51.6 Å². The quantitative estimate of drug-likeness (QED) is 0.766. The van der Waals surface area contributed by atoms with Crippen molar-refractivity contribution in [1.29, 1.82) is 5.26 Å². The fraction of sp³-hybridized carbons (Fsp3) is 0.917. The van der Waals surface area contributed by atoms with Gasteiger partial charge in [0, 0.05) is 24.7 Å². The highest BCUT2D eigenvalue weighted by molar-refractivity contribution is 4.97. The van der Waals surface area contributed by atoms with Gasteiger partial charge in [-0.1, -0.05) is 13.3 Å². The number of nitrogens with zero attached hydrogens (tertiary/aromatic N) is 2. The van der Waals surface area contributed by atoms with Gasteiger partial charge in [-0.3, -0.25) is 4.90 Å². The van der Waals surface area contributed by atoms with Crippen LogP contribution in [0, 0.1) is 11.3 Å². The first-order valence-electron chi connectivity index (χ1n) is 5.96. The predicted octanol–water partition coefficient (Wildman–Crippen LogP) is 1.75. The maximum absolute atomic E-state index is 8.83. The van der Waals surface area contributed by atoms with Crippen LogP contribution >= 0.6 is 0 Å². The van der Waals surface area contributed by atoms with Crippen molar-refractivity contribution >= 4 is 0 Å². The molecule has 0 saturated carbocycles. The zero-order chi connectivity index (χ0) is 11.3. The molecule has 0 radical (unpaired) electrons. The molecule has 1 saturated heterocycles. The van der Waals surface area contributed by atoms with Crippen LogP contribution in [0.5, 0.6) is 0 Å². The van der Waals surface area contributed by atoms with Gasteiger partial charge in [0.15, 0.2) is 0 Å². The highest BCUT2D eigenvalue weighted by Crippen LogP contribution is 2.22. The molecule has 0 aromatic heterocycles. The number of hydrogen-bond acceptors (Lipinski definition) is 3. The normalized spacial score (nSPS) is 26.1. The first-order valence-corrected chi connectivity index (χ1v) is 5.96. The lowest BCUT2D eigenvalue weighted by molar-refractivity contribution is 0.0379. The Bertz CT molecular complexity index is 230. The Kier molecular flexibility index (Phi) is 4.56. The Labute approximate surface area is 93.5 Å². The van der Waals surface area contributed by atoms with E-state index in [-0.39, 0.29) is 5.54 Å². The highest BCUT2D eigenvalue weighted by atomic mass is 15.3. The second-order valence-electron chi connectivity index (χ2n) is 5.01. The third-order valence-corrected chi connectivity index (χ3v) is 3.24. The molecule has 1 fully saturated rings. The lowest BCUT2D eigenvalue weighted by atomic mass is 9.94. The van der Waals surface area contributed by atoms with Gasteiger partial charge in [-0.2, -0.15) is 5.26 Å². The molecule has 1 aliphatic rings. The van der Waals surface area contributed by atoms with Crippen LogP contribution in [0.1, 0.15) is 40.0 Å². The molecular weight excluding hydrogens is 186 g/mol. The van der Waals surface area contributed by atoms with Crippen LogP contribution in [0.25, 0.3) is 0 Å². The highest BCUT2D eigenvalue weighted by Gasteiger charge is 2.35. The number of nitriles is 1. The second-order valence-corrected chi connectivity index (χ2v) is 5.01. The molecule has 0 aromatic rings. The zero-order valence-electron chi connectivity index (χ0n) is 10.2. The number of nitrogens with one attached hydrogen (secondary N) is 1. The third kappa shape index (κ3) is 3.19. The molecule has 1 N–H and O–H groups in total. The van der Waals surface area contributed by atoms with Crippen molar-refractivity contribution in [3.8, 4) is 6.07 Å². The van der Waals surface area contributed by atoms with E-state index in [4.69, 9.17) is 5.26 Å². The Morgan fingerprint density at radius 2 is 2.27 bits per heavy atom. The molecule has 3 nitrogen and oxygen atoms in total. The Balaban J connectivity index is 2.64. The summed E-state index contributed by atoms with van der Waals surface area (Å²) in [6, 6.07) is 2.69.